The summed E-state index contributed by atoms with van der Waals surface area (Å²) in [7, 11) is 0. The van der Waals surface area contributed by atoms with Crippen molar-refractivity contribution in [2.45, 2.75) is 58.9 Å². The molecule has 5 heteroatoms. The van der Waals surface area contributed by atoms with Crippen molar-refractivity contribution in [3.8, 4) is 0 Å². The second-order valence-electron chi connectivity index (χ2n) is 6.10. The smallest absolute Gasteiger partial charge is 0.315 e. The number of carbonyl (C=O) groups excluding carboxylic acids is 1. The van der Waals surface area contributed by atoms with Crippen LogP contribution in [0.5, 0.6) is 0 Å². The average Bonchev–Trinajstić information content (AvgIpc) is 2.75. The normalized spacial score (nSPS) is 27.1. The van der Waals surface area contributed by atoms with Crippen molar-refractivity contribution >= 4 is 12.0 Å². The Bertz CT molecular complexity index is 333. The van der Waals surface area contributed by atoms with Gasteiger partial charge in [-0.15, -0.1) is 0 Å². The fraction of sp³-hybridized carbons (Fsp3) is 0.867. The topological polar surface area (TPSA) is 78.4 Å². The monoisotopic (exact) mass is 284 g/mol. The number of amides is 2. The van der Waals surface area contributed by atoms with Gasteiger partial charge in [0.2, 0.25) is 0 Å². The minimum absolute atomic E-state index is 0.124. The first-order valence-electron chi connectivity index (χ1n) is 7.70. The first-order valence-corrected chi connectivity index (χ1v) is 7.70. The van der Waals surface area contributed by atoms with Crippen molar-refractivity contribution in [3.05, 3.63) is 0 Å². The lowest BCUT2D eigenvalue weighted by molar-refractivity contribution is -0.137. The number of hydrogen-bond donors (Lipinski definition) is 3. The number of aliphatic carboxylic acids is 1. The Kier molecular flexibility index (Phi) is 6.82. The molecule has 4 unspecified atom stereocenters. The van der Waals surface area contributed by atoms with Gasteiger partial charge in [0.15, 0.2) is 0 Å². The molecule has 0 aromatic rings. The lowest BCUT2D eigenvalue weighted by Crippen LogP contribution is -2.44. The third kappa shape index (κ3) is 5.39. The highest BCUT2D eigenvalue weighted by Crippen LogP contribution is 2.33. The fourth-order valence-electron chi connectivity index (χ4n) is 2.99. The van der Waals surface area contributed by atoms with Crippen LogP contribution in [0, 0.1) is 17.8 Å². The van der Waals surface area contributed by atoms with E-state index in [0.717, 1.165) is 12.3 Å². The summed E-state index contributed by atoms with van der Waals surface area (Å²) in [6, 6.07) is 0.148. The Morgan fingerprint density at radius 1 is 1.35 bits per heavy atom. The van der Waals surface area contributed by atoms with Crippen LogP contribution in [0.3, 0.4) is 0 Å². The molecule has 5 nitrogen and oxygen atoms in total. The molecule has 0 bridgehead atoms. The molecule has 116 valence electrons. The minimum atomic E-state index is -0.785. The predicted molar refractivity (Wildman–Crippen MR) is 78.5 cm³/mol. The molecule has 1 aliphatic carbocycles. The summed E-state index contributed by atoms with van der Waals surface area (Å²) in [6.45, 7) is 6.89. The summed E-state index contributed by atoms with van der Waals surface area (Å²) in [6.07, 6.45) is 4.17. The molecule has 1 saturated carbocycles. The maximum Gasteiger partial charge on any atom is 0.315 e. The summed E-state index contributed by atoms with van der Waals surface area (Å²) >= 11 is 0. The molecule has 0 radical (unpaired) electrons. The molecule has 0 aromatic heterocycles. The molecule has 0 spiro atoms. The Hall–Kier alpha value is -1.26. The minimum Gasteiger partial charge on any atom is -0.481 e. The Balaban J connectivity index is 2.22. The van der Waals surface area contributed by atoms with Gasteiger partial charge in [0.25, 0.3) is 0 Å². The van der Waals surface area contributed by atoms with Crippen molar-refractivity contribution < 1.29 is 14.7 Å². The molecule has 0 aliphatic heterocycles. The van der Waals surface area contributed by atoms with Crippen molar-refractivity contribution in [1.82, 2.24) is 10.6 Å². The zero-order valence-corrected chi connectivity index (χ0v) is 12.8. The molecule has 0 aromatic carbocycles. The van der Waals surface area contributed by atoms with Crippen LogP contribution in [0.1, 0.15) is 52.9 Å². The van der Waals surface area contributed by atoms with Crippen molar-refractivity contribution in [3.63, 3.8) is 0 Å². The fourth-order valence-corrected chi connectivity index (χ4v) is 2.99. The first-order chi connectivity index (χ1) is 9.43. The van der Waals surface area contributed by atoms with Crippen molar-refractivity contribution in [2.24, 2.45) is 17.8 Å². The standard InChI is InChI=1S/C15H28N2O3/c1-4-12-6-7-13(11(12)3)17-15(20)16-9-10(2)5-8-14(18)19/h10-13H,4-9H2,1-3H3,(H,18,19)(H2,16,17,20). The lowest BCUT2D eigenvalue weighted by Gasteiger charge is -2.21. The van der Waals surface area contributed by atoms with Crippen LogP contribution in [0.4, 0.5) is 4.79 Å². The van der Waals surface area contributed by atoms with E-state index < -0.39 is 5.97 Å². The molecule has 1 rings (SSSR count). The van der Waals surface area contributed by atoms with E-state index in [-0.39, 0.29) is 24.4 Å². The van der Waals surface area contributed by atoms with E-state index in [1.54, 1.807) is 0 Å². The lowest BCUT2D eigenvalue weighted by atomic mass is 9.93. The zero-order chi connectivity index (χ0) is 15.1. The molecule has 2 amide bonds. The number of nitrogens with one attached hydrogen (secondary N) is 2. The highest BCUT2D eigenvalue weighted by molar-refractivity contribution is 5.74. The van der Waals surface area contributed by atoms with Crippen LogP contribution in [0.25, 0.3) is 0 Å². The Morgan fingerprint density at radius 2 is 2.05 bits per heavy atom. The first kappa shape index (κ1) is 16.8. The molecule has 20 heavy (non-hydrogen) atoms. The van der Waals surface area contributed by atoms with E-state index in [9.17, 15) is 9.59 Å². The van der Waals surface area contributed by atoms with Crippen LogP contribution in [0.2, 0.25) is 0 Å². The molecule has 0 heterocycles. The summed E-state index contributed by atoms with van der Waals surface area (Å²) in [4.78, 5) is 22.3. The summed E-state index contributed by atoms with van der Waals surface area (Å²) < 4.78 is 0. The van der Waals surface area contributed by atoms with Crippen LogP contribution in [0.15, 0.2) is 0 Å². The highest BCUT2D eigenvalue weighted by Gasteiger charge is 2.32. The van der Waals surface area contributed by atoms with Crippen LogP contribution < -0.4 is 10.6 Å². The third-order valence-corrected chi connectivity index (χ3v) is 4.53. The maximum absolute atomic E-state index is 11.8. The van der Waals surface area contributed by atoms with Crippen molar-refractivity contribution in [2.75, 3.05) is 6.54 Å². The zero-order valence-electron chi connectivity index (χ0n) is 12.8. The van der Waals surface area contributed by atoms with Gasteiger partial charge in [-0.3, -0.25) is 4.79 Å². The average molecular weight is 284 g/mol. The van der Waals surface area contributed by atoms with E-state index in [1.165, 1.54) is 12.8 Å². The van der Waals surface area contributed by atoms with Gasteiger partial charge in [0.1, 0.15) is 0 Å². The summed E-state index contributed by atoms with van der Waals surface area (Å²) in [5, 5.41) is 14.5. The molecule has 1 fully saturated rings. The number of carboxylic acid groups (broad SMARTS) is 1. The molecule has 1 aliphatic rings. The number of hydrogen-bond acceptors (Lipinski definition) is 2. The number of carboxylic acids is 1. The Labute approximate surface area is 121 Å². The molecule has 0 saturated heterocycles. The quantitative estimate of drug-likeness (QED) is 0.672. The third-order valence-electron chi connectivity index (χ3n) is 4.53. The summed E-state index contributed by atoms with van der Waals surface area (Å²) in [5.41, 5.74) is 0. The van der Waals surface area contributed by atoms with Gasteiger partial charge in [-0.25, -0.2) is 4.79 Å². The SMILES string of the molecule is CCC1CCC(NC(=O)NCC(C)CCC(=O)O)C1C. The van der Waals surface area contributed by atoms with Gasteiger partial charge in [0, 0.05) is 19.0 Å². The van der Waals surface area contributed by atoms with Crippen LogP contribution in [-0.2, 0) is 4.79 Å². The van der Waals surface area contributed by atoms with Crippen LogP contribution >= 0.6 is 0 Å². The van der Waals surface area contributed by atoms with E-state index in [2.05, 4.69) is 24.5 Å². The van der Waals surface area contributed by atoms with Crippen molar-refractivity contribution in [1.29, 1.82) is 0 Å². The Morgan fingerprint density at radius 3 is 2.60 bits per heavy atom. The van der Waals surface area contributed by atoms with Crippen LogP contribution in [-0.4, -0.2) is 29.7 Å². The van der Waals surface area contributed by atoms with E-state index in [4.69, 9.17) is 5.11 Å². The molecule has 4 atom stereocenters. The van der Waals surface area contributed by atoms with Gasteiger partial charge in [-0.05, 0) is 37.0 Å². The maximum atomic E-state index is 11.8. The van der Waals surface area contributed by atoms with E-state index in [0.29, 0.717) is 18.9 Å². The van der Waals surface area contributed by atoms with Gasteiger partial charge in [0.05, 0.1) is 0 Å². The van der Waals surface area contributed by atoms with Gasteiger partial charge < -0.3 is 15.7 Å². The molecule has 3 N–H and O–H groups in total. The van der Waals surface area contributed by atoms with Gasteiger partial charge >= 0.3 is 12.0 Å². The van der Waals surface area contributed by atoms with Gasteiger partial charge in [-0.2, -0.15) is 0 Å². The number of urea groups is 1. The number of rotatable bonds is 7. The second-order valence-corrected chi connectivity index (χ2v) is 6.10. The highest BCUT2D eigenvalue weighted by atomic mass is 16.4. The summed E-state index contributed by atoms with van der Waals surface area (Å²) in [5.74, 6) is 0.651. The largest absolute Gasteiger partial charge is 0.481 e. The van der Waals surface area contributed by atoms with Gasteiger partial charge in [-0.1, -0.05) is 27.2 Å². The second kappa shape index (κ2) is 8.12. The molecular formula is C15H28N2O3. The number of carbonyl (C=O) groups is 2. The predicted octanol–water partition coefficient (Wildman–Crippen LogP) is 2.61. The molecular weight excluding hydrogens is 256 g/mol. The van der Waals surface area contributed by atoms with E-state index in [1.807, 2.05) is 6.92 Å². The van der Waals surface area contributed by atoms with E-state index >= 15 is 0 Å².